The van der Waals surface area contributed by atoms with Crippen molar-refractivity contribution in [3.05, 3.63) is 41.7 Å². The summed E-state index contributed by atoms with van der Waals surface area (Å²) in [5.41, 5.74) is 9.51. The molecule has 0 radical (unpaired) electrons. The number of aryl methyl sites for hydroxylation is 1. The fraction of sp³-hybridized carbons (Fsp3) is 0.308. The molecule has 0 aliphatic heterocycles. The average Bonchev–Trinajstić information content (AvgIpc) is 2.90. The van der Waals surface area contributed by atoms with E-state index >= 15 is 0 Å². The highest BCUT2D eigenvalue weighted by molar-refractivity contribution is 6.00. The van der Waals surface area contributed by atoms with Gasteiger partial charge in [-0.3, -0.25) is 4.98 Å². The number of nitrogens with zero attached hydrogens (tertiary/aromatic N) is 4. The highest BCUT2D eigenvalue weighted by Crippen LogP contribution is 2.24. The number of pyridine rings is 1. The Balaban J connectivity index is 2.15. The molecule has 0 saturated carbocycles. The predicted molar refractivity (Wildman–Crippen MR) is 70.5 cm³/mol. The number of hydrogen-bond acceptors (Lipinski definition) is 4. The molecule has 2 aromatic rings. The second kappa shape index (κ2) is 4.72. The van der Waals surface area contributed by atoms with Crippen LogP contribution >= 0.6 is 0 Å². The van der Waals surface area contributed by atoms with E-state index in [1.165, 1.54) is 12.1 Å². The van der Waals surface area contributed by atoms with Gasteiger partial charge in [-0.05, 0) is 31.7 Å². The van der Waals surface area contributed by atoms with Crippen LogP contribution in [0.3, 0.4) is 0 Å². The second-order valence-corrected chi connectivity index (χ2v) is 4.59. The summed E-state index contributed by atoms with van der Waals surface area (Å²) in [5.74, 6) is 0.0793. The molecular formula is C13H15N5O. The van der Waals surface area contributed by atoms with Crippen molar-refractivity contribution in [2.45, 2.75) is 25.7 Å². The highest BCUT2D eigenvalue weighted by Gasteiger charge is 2.18. The van der Waals surface area contributed by atoms with Crippen LogP contribution < -0.4 is 5.73 Å². The molecule has 6 nitrogen and oxygen atoms in total. The zero-order valence-corrected chi connectivity index (χ0v) is 10.5. The minimum absolute atomic E-state index is 0.0793. The Hall–Kier alpha value is -2.37. The van der Waals surface area contributed by atoms with E-state index in [0.717, 1.165) is 30.6 Å². The van der Waals surface area contributed by atoms with Gasteiger partial charge in [0.05, 0.1) is 23.9 Å². The molecule has 3 rings (SSSR count). The summed E-state index contributed by atoms with van der Waals surface area (Å²) in [6.45, 7) is 0. The van der Waals surface area contributed by atoms with Gasteiger partial charge < -0.3 is 15.5 Å². The molecule has 0 atom stereocenters. The molecule has 6 heteroatoms. The van der Waals surface area contributed by atoms with Gasteiger partial charge in [0.1, 0.15) is 0 Å². The highest BCUT2D eigenvalue weighted by atomic mass is 16.4. The van der Waals surface area contributed by atoms with Crippen LogP contribution in [0.5, 0.6) is 0 Å². The first-order chi connectivity index (χ1) is 9.31. The zero-order valence-electron chi connectivity index (χ0n) is 10.5. The molecule has 2 aromatic heterocycles. The van der Waals surface area contributed by atoms with E-state index < -0.39 is 0 Å². The molecule has 0 unspecified atom stereocenters. The summed E-state index contributed by atoms with van der Waals surface area (Å²) in [4.78, 5) is 8.58. The fourth-order valence-corrected chi connectivity index (χ4v) is 2.53. The smallest absolute Gasteiger partial charge is 0.172 e. The molecular weight excluding hydrogens is 242 g/mol. The Morgan fingerprint density at radius 3 is 3.05 bits per heavy atom. The fourth-order valence-electron chi connectivity index (χ4n) is 2.53. The van der Waals surface area contributed by atoms with Gasteiger partial charge in [-0.25, -0.2) is 4.98 Å². The Morgan fingerprint density at radius 2 is 2.21 bits per heavy atom. The third-order valence-electron chi connectivity index (χ3n) is 3.47. The summed E-state index contributed by atoms with van der Waals surface area (Å²) in [6, 6.07) is 1.74. The topological polar surface area (TPSA) is 89.3 Å². The van der Waals surface area contributed by atoms with Gasteiger partial charge in [-0.2, -0.15) is 0 Å². The zero-order chi connectivity index (χ0) is 13.2. The first-order valence-electron chi connectivity index (χ1n) is 6.28. The second-order valence-electron chi connectivity index (χ2n) is 4.59. The minimum Gasteiger partial charge on any atom is -0.409 e. The average molecular weight is 257 g/mol. The predicted octanol–water partition coefficient (Wildman–Crippen LogP) is 1.24. The van der Waals surface area contributed by atoms with Crippen LogP contribution in [-0.2, 0) is 12.8 Å². The lowest BCUT2D eigenvalue weighted by atomic mass is 10.0. The molecule has 0 fully saturated rings. The van der Waals surface area contributed by atoms with Crippen molar-refractivity contribution in [3.8, 4) is 5.69 Å². The van der Waals surface area contributed by atoms with E-state index in [1.807, 2.05) is 4.57 Å². The van der Waals surface area contributed by atoms with Gasteiger partial charge in [0.15, 0.2) is 5.84 Å². The quantitative estimate of drug-likeness (QED) is 0.366. The number of nitrogens with two attached hydrogens (primary N) is 1. The molecule has 0 bridgehead atoms. The molecule has 19 heavy (non-hydrogen) atoms. The van der Waals surface area contributed by atoms with Gasteiger partial charge in [0.25, 0.3) is 0 Å². The maximum absolute atomic E-state index is 8.87. The van der Waals surface area contributed by atoms with E-state index in [4.69, 9.17) is 10.9 Å². The van der Waals surface area contributed by atoms with Gasteiger partial charge in [0, 0.05) is 17.5 Å². The van der Waals surface area contributed by atoms with E-state index in [9.17, 15) is 0 Å². The molecule has 0 aromatic carbocycles. The van der Waals surface area contributed by atoms with Crippen LogP contribution in [-0.4, -0.2) is 25.6 Å². The van der Waals surface area contributed by atoms with Gasteiger partial charge in [-0.1, -0.05) is 5.16 Å². The van der Waals surface area contributed by atoms with E-state index in [0.29, 0.717) is 5.56 Å². The molecule has 3 N–H and O–H groups in total. The molecule has 0 spiro atoms. The standard InChI is InChI=1S/C13H15N5O/c14-13(17-19)9-5-6-15-7-12(9)18-8-16-10-3-1-2-4-11(10)18/h5-8,19H,1-4H2,(H2,14,17). The molecule has 0 amide bonds. The molecule has 1 aliphatic carbocycles. The van der Waals surface area contributed by atoms with Crippen LogP contribution in [0.4, 0.5) is 0 Å². The van der Waals surface area contributed by atoms with E-state index in [2.05, 4.69) is 15.1 Å². The largest absolute Gasteiger partial charge is 0.409 e. The van der Waals surface area contributed by atoms with Crippen LogP contribution in [0.1, 0.15) is 29.8 Å². The van der Waals surface area contributed by atoms with E-state index in [-0.39, 0.29) is 5.84 Å². The normalized spacial score (nSPS) is 15.3. The molecule has 1 aliphatic rings. The maximum Gasteiger partial charge on any atom is 0.172 e. The first-order valence-corrected chi connectivity index (χ1v) is 6.28. The minimum atomic E-state index is 0.0793. The van der Waals surface area contributed by atoms with Gasteiger partial charge in [-0.15, -0.1) is 0 Å². The monoisotopic (exact) mass is 257 g/mol. The summed E-state index contributed by atoms with van der Waals surface area (Å²) in [6.07, 6.45) is 9.49. The van der Waals surface area contributed by atoms with E-state index in [1.54, 1.807) is 24.8 Å². The summed E-state index contributed by atoms with van der Waals surface area (Å²) < 4.78 is 1.99. The SMILES string of the molecule is N/C(=N/O)c1ccncc1-n1cnc2c1CCCC2. The summed E-state index contributed by atoms with van der Waals surface area (Å²) in [7, 11) is 0. The van der Waals surface area contributed by atoms with Crippen molar-refractivity contribution in [3.63, 3.8) is 0 Å². The Kier molecular flexibility index (Phi) is 2.91. The molecule has 0 saturated heterocycles. The number of oxime groups is 1. The van der Waals surface area contributed by atoms with Crippen LogP contribution in [0, 0.1) is 0 Å². The third-order valence-corrected chi connectivity index (χ3v) is 3.47. The number of rotatable bonds is 2. The lowest BCUT2D eigenvalue weighted by Crippen LogP contribution is -2.17. The van der Waals surface area contributed by atoms with Crippen molar-refractivity contribution in [2.75, 3.05) is 0 Å². The van der Waals surface area contributed by atoms with Crippen LogP contribution in [0.25, 0.3) is 5.69 Å². The summed E-state index contributed by atoms with van der Waals surface area (Å²) >= 11 is 0. The third kappa shape index (κ3) is 1.95. The number of imidazole rings is 1. The van der Waals surface area contributed by atoms with Gasteiger partial charge >= 0.3 is 0 Å². The van der Waals surface area contributed by atoms with Crippen molar-refractivity contribution in [1.29, 1.82) is 0 Å². The Bertz CT molecular complexity index is 632. The molecule has 2 heterocycles. The number of fused-ring (bicyclic) bond motifs is 1. The number of amidine groups is 1. The Labute approximate surface area is 110 Å². The first kappa shape index (κ1) is 11.7. The number of hydrogen-bond donors (Lipinski definition) is 2. The Morgan fingerprint density at radius 1 is 1.37 bits per heavy atom. The van der Waals surface area contributed by atoms with Crippen molar-refractivity contribution in [1.82, 2.24) is 14.5 Å². The van der Waals surface area contributed by atoms with Crippen molar-refractivity contribution < 1.29 is 5.21 Å². The molecule has 98 valence electrons. The van der Waals surface area contributed by atoms with Gasteiger partial charge in [0.2, 0.25) is 0 Å². The maximum atomic E-state index is 8.87. The lowest BCUT2D eigenvalue weighted by molar-refractivity contribution is 0.318. The van der Waals surface area contributed by atoms with Crippen LogP contribution in [0.2, 0.25) is 0 Å². The van der Waals surface area contributed by atoms with Crippen molar-refractivity contribution in [2.24, 2.45) is 10.9 Å². The van der Waals surface area contributed by atoms with Crippen LogP contribution in [0.15, 0.2) is 29.9 Å². The van der Waals surface area contributed by atoms with Crippen molar-refractivity contribution >= 4 is 5.84 Å². The summed E-state index contributed by atoms with van der Waals surface area (Å²) in [5, 5.41) is 11.9. The lowest BCUT2D eigenvalue weighted by Gasteiger charge is -2.15. The number of aromatic nitrogens is 3.